The summed E-state index contributed by atoms with van der Waals surface area (Å²) in [5.74, 6) is -0.560. The van der Waals surface area contributed by atoms with Crippen molar-refractivity contribution in [3.05, 3.63) is 90.3 Å². The zero-order valence-corrected chi connectivity index (χ0v) is 24.0. The average Bonchev–Trinajstić information content (AvgIpc) is 3.58. The maximum Gasteiger partial charge on any atom is 0.164 e. The number of nitrogen functional groups attached to an aromatic ring is 1. The Balaban J connectivity index is 1.32. The minimum absolute atomic E-state index is 0.204. The highest BCUT2D eigenvalue weighted by atomic mass is 19.1. The molecule has 0 bridgehead atoms. The van der Waals surface area contributed by atoms with Crippen molar-refractivity contribution in [1.29, 1.82) is 0 Å². The van der Waals surface area contributed by atoms with Crippen LogP contribution in [-0.4, -0.2) is 77.3 Å². The maximum absolute atomic E-state index is 14.3. The van der Waals surface area contributed by atoms with Gasteiger partial charge >= 0.3 is 0 Å². The summed E-state index contributed by atoms with van der Waals surface area (Å²) in [5.41, 5.74) is 12.6. The third kappa shape index (κ3) is 4.96. The van der Waals surface area contributed by atoms with E-state index in [1.54, 1.807) is 4.68 Å². The molecule has 11 heteroatoms. The maximum atomic E-state index is 14.3. The Morgan fingerprint density at radius 1 is 1.00 bits per heavy atom. The van der Waals surface area contributed by atoms with Gasteiger partial charge in [0.2, 0.25) is 0 Å². The second-order valence-electron chi connectivity index (χ2n) is 11.2. The van der Waals surface area contributed by atoms with Gasteiger partial charge in [-0.25, -0.2) is 19.0 Å². The van der Waals surface area contributed by atoms with E-state index in [4.69, 9.17) is 15.8 Å². The molecule has 0 amide bonds. The van der Waals surface area contributed by atoms with Gasteiger partial charge in [-0.1, -0.05) is 12.1 Å². The molecule has 1 aliphatic heterocycles. The first kappa shape index (κ1) is 27.0. The number of fused-ring (bicyclic) bond motifs is 2. The number of aromatic nitrogens is 6. The number of hydrogen-bond acceptors (Lipinski definition) is 8. The molecule has 1 aliphatic rings. The largest absolute Gasteiger partial charge is 0.508 e. The molecule has 6 heterocycles. The summed E-state index contributed by atoms with van der Waals surface area (Å²) < 4.78 is 18.2. The molecule has 0 radical (unpaired) electrons. The zero-order chi connectivity index (χ0) is 29.7. The standard InChI is InChI=1S/C32H32FN9O/c1-20(42-32-28(31(34)36-19-37-32)29(38-42)22-13-23(33)15-25(43)14-22)26-16-24-5-3-4-8-41(24)30(26)27-7-6-21(17-35-27)18-40-11-9-39(2)10-12-40/h3-8,13-17,19-20,43H,9-12,18H2,1-2H3,(H2,34,36,37)/t20-/m0/s1. The molecular formula is C32H32FN9O. The van der Waals surface area contributed by atoms with Crippen LogP contribution in [0.3, 0.4) is 0 Å². The number of nitrogens with zero attached hydrogens (tertiary/aromatic N) is 8. The molecule has 0 saturated carbocycles. The Morgan fingerprint density at radius 2 is 1.84 bits per heavy atom. The monoisotopic (exact) mass is 577 g/mol. The molecule has 43 heavy (non-hydrogen) atoms. The lowest BCUT2D eigenvalue weighted by Gasteiger charge is -2.32. The van der Waals surface area contributed by atoms with Gasteiger partial charge in [-0.3, -0.25) is 9.88 Å². The molecule has 3 N–H and O–H groups in total. The van der Waals surface area contributed by atoms with Gasteiger partial charge in [0, 0.05) is 67.8 Å². The summed E-state index contributed by atoms with van der Waals surface area (Å²) in [6.45, 7) is 7.15. The molecule has 1 atom stereocenters. The Kier molecular flexibility index (Phi) is 6.75. The first-order valence-corrected chi connectivity index (χ1v) is 14.3. The molecule has 5 aromatic heterocycles. The van der Waals surface area contributed by atoms with E-state index in [9.17, 15) is 9.50 Å². The topological polar surface area (TPSA) is 114 Å². The van der Waals surface area contributed by atoms with Crippen LogP contribution >= 0.6 is 0 Å². The van der Waals surface area contributed by atoms with Gasteiger partial charge in [-0.2, -0.15) is 5.10 Å². The van der Waals surface area contributed by atoms with E-state index in [1.165, 1.54) is 24.0 Å². The summed E-state index contributed by atoms with van der Waals surface area (Å²) in [6.07, 6.45) is 5.40. The highest BCUT2D eigenvalue weighted by Crippen LogP contribution is 2.38. The zero-order valence-electron chi connectivity index (χ0n) is 24.0. The van der Waals surface area contributed by atoms with Crippen molar-refractivity contribution < 1.29 is 9.50 Å². The fourth-order valence-corrected chi connectivity index (χ4v) is 5.97. The third-order valence-corrected chi connectivity index (χ3v) is 8.27. The van der Waals surface area contributed by atoms with Crippen molar-refractivity contribution in [3.8, 4) is 28.4 Å². The van der Waals surface area contributed by atoms with E-state index in [-0.39, 0.29) is 17.6 Å². The van der Waals surface area contributed by atoms with Gasteiger partial charge in [0.25, 0.3) is 0 Å². The summed E-state index contributed by atoms with van der Waals surface area (Å²) in [6, 6.07) is 15.9. The van der Waals surface area contributed by atoms with Gasteiger partial charge < -0.3 is 20.1 Å². The van der Waals surface area contributed by atoms with Crippen molar-refractivity contribution >= 4 is 22.4 Å². The molecular weight excluding hydrogens is 545 g/mol. The predicted octanol–water partition coefficient (Wildman–Crippen LogP) is 4.59. The van der Waals surface area contributed by atoms with Crippen molar-refractivity contribution in [2.75, 3.05) is 39.0 Å². The van der Waals surface area contributed by atoms with Gasteiger partial charge in [-0.05, 0) is 55.9 Å². The molecule has 0 aliphatic carbocycles. The highest BCUT2D eigenvalue weighted by Gasteiger charge is 2.26. The van der Waals surface area contributed by atoms with Crippen LogP contribution in [0.5, 0.6) is 5.75 Å². The second-order valence-corrected chi connectivity index (χ2v) is 11.2. The lowest BCUT2D eigenvalue weighted by atomic mass is 10.1. The van der Waals surface area contributed by atoms with Crippen LogP contribution < -0.4 is 5.73 Å². The number of piperazine rings is 1. The molecule has 10 nitrogen and oxygen atoms in total. The van der Waals surface area contributed by atoms with Gasteiger partial charge in [0.15, 0.2) is 5.65 Å². The number of benzene rings is 1. The predicted molar refractivity (Wildman–Crippen MR) is 164 cm³/mol. The van der Waals surface area contributed by atoms with Gasteiger partial charge in [-0.15, -0.1) is 0 Å². The second kappa shape index (κ2) is 10.8. The lowest BCUT2D eigenvalue weighted by molar-refractivity contribution is 0.148. The molecule has 218 valence electrons. The normalized spacial score (nSPS) is 15.4. The number of nitrogens with two attached hydrogens (primary N) is 1. The van der Waals surface area contributed by atoms with Crippen LogP contribution in [0.25, 0.3) is 39.2 Å². The molecule has 6 aromatic rings. The van der Waals surface area contributed by atoms with E-state index in [2.05, 4.69) is 55.5 Å². The van der Waals surface area contributed by atoms with Gasteiger partial charge in [0.1, 0.15) is 29.4 Å². The summed E-state index contributed by atoms with van der Waals surface area (Å²) >= 11 is 0. The molecule has 0 unspecified atom stereocenters. The average molecular weight is 578 g/mol. The number of likely N-dealkylation sites (N-methyl/N-ethyl adjacent to an activating group) is 1. The van der Waals surface area contributed by atoms with E-state index in [0.29, 0.717) is 22.3 Å². The number of halogens is 1. The summed E-state index contributed by atoms with van der Waals surface area (Å²) in [4.78, 5) is 18.5. The van der Waals surface area contributed by atoms with Crippen LogP contribution in [0, 0.1) is 5.82 Å². The van der Waals surface area contributed by atoms with Crippen molar-refractivity contribution in [2.24, 2.45) is 0 Å². The Morgan fingerprint density at radius 3 is 2.60 bits per heavy atom. The van der Waals surface area contributed by atoms with E-state index in [0.717, 1.165) is 61.3 Å². The number of hydrogen-bond donors (Lipinski definition) is 2. The number of aromatic hydroxyl groups is 1. The van der Waals surface area contributed by atoms with Crippen LogP contribution in [0.4, 0.5) is 10.2 Å². The van der Waals surface area contributed by atoms with Crippen molar-refractivity contribution in [3.63, 3.8) is 0 Å². The first-order valence-electron chi connectivity index (χ1n) is 14.3. The molecule has 1 fully saturated rings. The minimum atomic E-state index is -0.579. The fraction of sp³-hybridized carbons (Fsp3) is 0.250. The quantitative estimate of drug-likeness (QED) is 0.296. The Labute approximate surface area is 247 Å². The van der Waals surface area contributed by atoms with Gasteiger partial charge in [0.05, 0.1) is 22.8 Å². The number of rotatable bonds is 6. The number of phenolic OH excluding ortho intramolecular Hbond substituents is 1. The van der Waals surface area contributed by atoms with Crippen LogP contribution in [-0.2, 0) is 6.54 Å². The van der Waals surface area contributed by atoms with Crippen molar-refractivity contribution in [2.45, 2.75) is 19.5 Å². The third-order valence-electron chi connectivity index (χ3n) is 8.27. The van der Waals surface area contributed by atoms with Crippen LogP contribution in [0.1, 0.15) is 24.1 Å². The van der Waals surface area contributed by atoms with Crippen molar-refractivity contribution in [1.82, 2.24) is 38.9 Å². The van der Waals surface area contributed by atoms with E-state index >= 15 is 0 Å². The van der Waals surface area contributed by atoms with E-state index in [1.807, 2.05) is 31.5 Å². The van der Waals surface area contributed by atoms with Crippen LogP contribution in [0.15, 0.2) is 73.3 Å². The summed E-state index contributed by atoms with van der Waals surface area (Å²) in [7, 11) is 2.16. The highest BCUT2D eigenvalue weighted by molar-refractivity contribution is 5.98. The number of pyridine rings is 2. The fourth-order valence-electron chi connectivity index (χ4n) is 5.97. The Hall–Kier alpha value is -4.87. The molecule has 1 aromatic carbocycles. The van der Waals surface area contributed by atoms with E-state index < -0.39 is 5.82 Å². The summed E-state index contributed by atoms with van der Waals surface area (Å²) in [5, 5.41) is 15.5. The Bertz CT molecular complexity index is 1920. The smallest absolute Gasteiger partial charge is 0.164 e. The molecule has 0 spiro atoms. The van der Waals surface area contributed by atoms with Crippen LogP contribution in [0.2, 0.25) is 0 Å². The number of anilines is 1. The lowest BCUT2D eigenvalue weighted by Crippen LogP contribution is -2.43. The SMILES string of the molecule is C[C@@H](c1cc2ccccn2c1-c1ccc(CN2CCN(C)CC2)cn1)n1nc(-c2cc(O)cc(F)c2)c2c(N)ncnc21. The first-order chi connectivity index (χ1) is 20.9. The number of phenols is 1. The molecule has 7 rings (SSSR count). The molecule has 1 saturated heterocycles. The minimum Gasteiger partial charge on any atom is -0.508 e.